The maximum absolute atomic E-state index is 12.1. The summed E-state index contributed by atoms with van der Waals surface area (Å²) in [6.07, 6.45) is 6.34. The fraction of sp³-hybridized carbons (Fsp3) is 0.692. The third kappa shape index (κ3) is 3.78. The van der Waals surface area contributed by atoms with E-state index >= 15 is 0 Å². The van der Waals surface area contributed by atoms with Gasteiger partial charge in [0.1, 0.15) is 0 Å². The van der Waals surface area contributed by atoms with Crippen LogP contribution in [0.25, 0.3) is 0 Å². The van der Waals surface area contributed by atoms with Crippen molar-refractivity contribution in [2.24, 2.45) is 0 Å². The smallest absolute Gasteiger partial charge is 0.253 e. The van der Waals surface area contributed by atoms with Gasteiger partial charge in [0.2, 0.25) is 0 Å². The van der Waals surface area contributed by atoms with E-state index in [0.29, 0.717) is 19.7 Å². The van der Waals surface area contributed by atoms with Crippen molar-refractivity contribution < 1.29 is 9.53 Å². The third-order valence-electron chi connectivity index (χ3n) is 3.38. The molecule has 0 saturated carbocycles. The Labute approximate surface area is 113 Å². The standard InChI is InChI=1S/C13H22N4O2/c1-13(10-16(2)8-9-19-13)12(18)15-4-3-6-17-7-5-14-11-17/h5,7,11H,3-4,6,8-10H2,1-2H3,(H,15,18). The summed E-state index contributed by atoms with van der Waals surface area (Å²) in [6.45, 7) is 5.49. The molecule has 6 heteroatoms. The van der Waals surface area contributed by atoms with Gasteiger partial charge in [0.25, 0.3) is 5.91 Å². The van der Waals surface area contributed by atoms with E-state index < -0.39 is 5.60 Å². The number of aryl methyl sites for hydroxylation is 1. The third-order valence-corrected chi connectivity index (χ3v) is 3.38. The lowest BCUT2D eigenvalue weighted by Gasteiger charge is -2.37. The molecule has 0 spiro atoms. The normalized spacial score (nSPS) is 24.3. The van der Waals surface area contributed by atoms with E-state index in [2.05, 4.69) is 15.2 Å². The number of nitrogens with one attached hydrogen (secondary N) is 1. The van der Waals surface area contributed by atoms with Crippen LogP contribution in [0.15, 0.2) is 18.7 Å². The molecule has 1 atom stereocenters. The Kier molecular flexibility index (Phi) is 4.55. The van der Waals surface area contributed by atoms with Gasteiger partial charge in [-0.3, -0.25) is 4.79 Å². The monoisotopic (exact) mass is 266 g/mol. The number of likely N-dealkylation sites (N-methyl/N-ethyl adjacent to an activating group) is 1. The number of carbonyl (C=O) groups is 1. The van der Waals surface area contributed by atoms with E-state index in [-0.39, 0.29) is 5.91 Å². The van der Waals surface area contributed by atoms with Gasteiger partial charge in [0.15, 0.2) is 5.60 Å². The molecule has 0 aromatic carbocycles. The number of morpholine rings is 1. The Bertz CT molecular complexity index is 407. The summed E-state index contributed by atoms with van der Waals surface area (Å²) in [5.74, 6) is -0.0234. The molecule has 1 fully saturated rings. The Balaban J connectivity index is 1.71. The Morgan fingerprint density at radius 1 is 1.58 bits per heavy atom. The highest BCUT2D eigenvalue weighted by Gasteiger charge is 2.37. The lowest BCUT2D eigenvalue weighted by molar-refractivity contribution is -0.155. The molecule has 0 bridgehead atoms. The summed E-state index contributed by atoms with van der Waals surface area (Å²) in [4.78, 5) is 18.2. The molecular formula is C13H22N4O2. The summed E-state index contributed by atoms with van der Waals surface area (Å²) in [7, 11) is 2.01. The molecule has 1 saturated heterocycles. The van der Waals surface area contributed by atoms with Crippen LogP contribution < -0.4 is 5.32 Å². The van der Waals surface area contributed by atoms with Gasteiger partial charge in [-0.2, -0.15) is 0 Å². The Morgan fingerprint density at radius 2 is 2.42 bits per heavy atom. The number of hydrogen-bond donors (Lipinski definition) is 1. The molecule has 0 aliphatic carbocycles. The zero-order valence-electron chi connectivity index (χ0n) is 11.6. The summed E-state index contributed by atoms with van der Waals surface area (Å²) < 4.78 is 7.63. The highest BCUT2D eigenvalue weighted by molar-refractivity contribution is 5.85. The average molecular weight is 266 g/mol. The number of nitrogens with zero attached hydrogens (tertiary/aromatic N) is 3. The van der Waals surface area contributed by atoms with Crippen molar-refractivity contribution in [2.75, 3.05) is 33.3 Å². The van der Waals surface area contributed by atoms with Gasteiger partial charge in [-0.05, 0) is 20.4 Å². The van der Waals surface area contributed by atoms with Gasteiger partial charge in [-0.1, -0.05) is 0 Å². The lowest BCUT2D eigenvalue weighted by Crippen LogP contribution is -2.57. The quantitative estimate of drug-likeness (QED) is 0.769. The highest BCUT2D eigenvalue weighted by atomic mass is 16.5. The molecule has 6 nitrogen and oxygen atoms in total. The van der Waals surface area contributed by atoms with Crippen LogP contribution in [0.5, 0.6) is 0 Å². The molecule has 2 heterocycles. The van der Waals surface area contributed by atoms with E-state index in [1.807, 2.05) is 24.7 Å². The molecule has 1 aliphatic rings. The molecule has 1 amide bonds. The maximum atomic E-state index is 12.1. The van der Waals surface area contributed by atoms with Gasteiger partial charge in [-0.25, -0.2) is 4.98 Å². The average Bonchev–Trinajstić information content (AvgIpc) is 2.87. The fourth-order valence-corrected chi connectivity index (χ4v) is 2.27. The van der Waals surface area contributed by atoms with Crippen molar-refractivity contribution >= 4 is 5.91 Å². The topological polar surface area (TPSA) is 59.4 Å². The summed E-state index contributed by atoms with van der Waals surface area (Å²) in [5, 5.41) is 2.95. The van der Waals surface area contributed by atoms with Crippen LogP contribution in [0, 0.1) is 0 Å². The second-order valence-corrected chi connectivity index (χ2v) is 5.23. The minimum absolute atomic E-state index is 0.0234. The molecule has 106 valence electrons. The maximum Gasteiger partial charge on any atom is 0.253 e. The molecule has 1 aromatic rings. The number of aromatic nitrogens is 2. The first-order chi connectivity index (χ1) is 9.10. The number of amides is 1. The predicted octanol–water partition coefficient (Wildman–Crippen LogP) is 0.110. The van der Waals surface area contributed by atoms with Gasteiger partial charge in [0.05, 0.1) is 12.9 Å². The minimum atomic E-state index is -0.720. The number of imidazole rings is 1. The van der Waals surface area contributed by atoms with Crippen LogP contribution >= 0.6 is 0 Å². The van der Waals surface area contributed by atoms with Crippen LogP contribution in [0.3, 0.4) is 0 Å². The first kappa shape index (κ1) is 14.0. The summed E-state index contributed by atoms with van der Waals surface area (Å²) in [5.41, 5.74) is -0.720. The van der Waals surface area contributed by atoms with Crippen molar-refractivity contribution in [2.45, 2.75) is 25.5 Å². The minimum Gasteiger partial charge on any atom is -0.363 e. The number of rotatable bonds is 5. The highest BCUT2D eigenvalue weighted by Crippen LogP contribution is 2.16. The van der Waals surface area contributed by atoms with Crippen molar-refractivity contribution in [3.05, 3.63) is 18.7 Å². The number of hydrogen-bond acceptors (Lipinski definition) is 4. The summed E-state index contributed by atoms with van der Waals surface area (Å²) in [6, 6.07) is 0. The lowest BCUT2D eigenvalue weighted by atomic mass is 10.0. The second-order valence-electron chi connectivity index (χ2n) is 5.23. The van der Waals surface area contributed by atoms with Crippen LogP contribution in [0.1, 0.15) is 13.3 Å². The zero-order valence-corrected chi connectivity index (χ0v) is 11.6. The van der Waals surface area contributed by atoms with Crippen LogP contribution in [0.4, 0.5) is 0 Å². The van der Waals surface area contributed by atoms with Crippen molar-refractivity contribution in [3.8, 4) is 0 Å². The molecule has 2 rings (SSSR count). The molecule has 1 aromatic heterocycles. The van der Waals surface area contributed by atoms with E-state index in [4.69, 9.17) is 4.74 Å². The molecule has 1 N–H and O–H groups in total. The van der Waals surface area contributed by atoms with E-state index in [1.54, 1.807) is 12.5 Å². The first-order valence-electron chi connectivity index (χ1n) is 6.67. The van der Waals surface area contributed by atoms with Crippen LogP contribution in [0.2, 0.25) is 0 Å². The van der Waals surface area contributed by atoms with Crippen molar-refractivity contribution in [3.63, 3.8) is 0 Å². The largest absolute Gasteiger partial charge is 0.363 e. The zero-order chi connectivity index (χ0) is 13.7. The van der Waals surface area contributed by atoms with Crippen LogP contribution in [-0.2, 0) is 16.1 Å². The van der Waals surface area contributed by atoms with Gasteiger partial charge >= 0.3 is 0 Å². The van der Waals surface area contributed by atoms with E-state index in [1.165, 1.54) is 0 Å². The Hall–Kier alpha value is -1.40. The van der Waals surface area contributed by atoms with Crippen LogP contribution in [-0.4, -0.2) is 59.2 Å². The fourth-order valence-electron chi connectivity index (χ4n) is 2.27. The molecular weight excluding hydrogens is 244 g/mol. The predicted molar refractivity (Wildman–Crippen MR) is 71.7 cm³/mol. The second kappa shape index (κ2) is 6.16. The molecule has 1 unspecified atom stereocenters. The van der Waals surface area contributed by atoms with Gasteiger partial charge in [0, 0.05) is 38.6 Å². The number of ether oxygens (including phenoxy) is 1. The van der Waals surface area contributed by atoms with Gasteiger partial charge < -0.3 is 19.5 Å². The Morgan fingerprint density at radius 3 is 3.11 bits per heavy atom. The van der Waals surface area contributed by atoms with E-state index in [0.717, 1.165) is 19.5 Å². The van der Waals surface area contributed by atoms with Gasteiger partial charge in [-0.15, -0.1) is 0 Å². The van der Waals surface area contributed by atoms with E-state index in [9.17, 15) is 4.79 Å². The number of carbonyl (C=O) groups excluding carboxylic acids is 1. The SMILES string of the molecule is CN1CCOC(C)(C(=O)NCCCn2ccnc2)C1. The molecule has 1 aliphatic heterocycles. The molecule has 19 heavy (non-hydrogen) atoms. The summed E-state index contributed by atoms with van der Waals surface area (Å²) >= 11 is 0. The van der Waals surface area contributed by atoms with Crippen molar-refractivity contribution in [1.29, 1.82) is 0 Å². The first-order valence-corrected chi connectivity index (χ1v) is 6.67. The molecule has 0 radical (unpaired) electrons. The van der Waals surface area contributed by atoms with Crippen molar-refractivity contribution in [1.82, 2.24) is 19.8 Å².